The van der Waals surface area contributed by atoms with Crippen LogP contribution in [0.2, 0.25) is 0 Å². The second-order valence-corrected chi connectivity index (χ2v) is 7.50. The Kier molecular flexibility index (Phi) is 4.83. The highest BCUT2D eigenvalue weighted by Crippen LogP contribution is 2.28. The first-order valence-electron chi connectivity index (χ1n) is 9.47. The topological polar surface area (TPSA) is 74.3 Å². The summed E-state index contributed by atoms with van der Waals surface area (Å²) in [4.78, 5) is 16.0. The fourth-order valence-corrected chi connectivity index (χ4v) is 4.19. The Hall–Kier alpha value is -2.11. The number of aromatic amines is 1. The third kappa shape index (κ3) is 3.41. The molecule has 1 saturated carbocycles. The number of hydrogen-bond acceptors (Lipinski definition) is 4. The predicted molar refractivity (Wildman–Crippen MR) is 99.6 cm³/mol. The molecule has 2 aliphatic carbocycles. The minimum absolute atomic E-state index is 0.0148. The fraction of sp³-hybridized carbons (Fsp3) is 0.476. The highest BCUT2D eigenvalue weighted by atomic mass is 16.5. The zero-order chi connectivity index (χ0) is 18.1. The quantitative estimate of drug-likeness (QED) is 0.772. The van der Waals surface area contributed by atoms with E-state index in [-0.39, 0.29) is 23.8 Å². The summed E-state index contributed by atoms with van der Waals surface area (Å²) in [7, 11) is 0. The minimum Gasteiger partial charge on any atom is -0.488 e. The molecule has 4 unspecified atom stereocenters. The van der Waals surface area contributed by atoms with Crippen molar-refractivity contribution in [2.24, 2.45) is 5.92 Å². The molecule has 1 aromatic heterocycles. The average Bonchev–Trinajstić information content (AvgIpc) is 3.19. The van der Waals surface area contributed by atoms with E-state index in [1.165, 1.54) is 0 Å². The Morgan fingerprint density at radius 3 is 2.85 bits per heavy atom. The van der Waals surface area contributed by atoms with Crippen molar-refractivity contribution in [1.29, 1.82) is 0 Å². The van der Waals surface area contributed by atoms with Crippen molar-refractivity contribution >= 4 is 5.78 Å². The maximum atomic E-state index is 12.7. The maximum absolute atomic E-state index is 12.7. The fourth-order valence-electron chi connectivity index (χ4n) is 4.19. The standard InChI is InChI=1S/C21H26N2O3/c1-13-11-16-17(23-13)8-7-14(20(16)24)12-22-18-9-10-19(21(18)25)26-15-5-3-2-4-6-15/h2-6,11,14,18-19,21-23,25H,7-10,12H2,1H3. The first kappa shape index (κ1) is 17.3. The lowest BCUT2D eigenvalue weighted by molar-refractivity contribution is 0.0441. The zero-order valence-corrected chi connectivity index (χ0v) is 15.1. The van der Waals surface area contributed by atoms with Crippen LogP contribution >= 0.6 is 0 Å². The monoisotopic (exact) mass is 354 g/mol. The van der Waals surface area contributed by atoms with E-state index < -0.39 is 6.10 Å². The number of rotatable bonds is 5. The van der Waals surface area contributed by atoms with Crippen LogP contribution < -0.4 is 10.1 Å². The SMILES string of the molecule is Cc1cc2c([nH]1)CCC(CNC1CCC(Oc3ccccc3)C1O)C2=O. The summed E-state index contributed by atoms with van der Waals surface area (Å²) in [5, 5.41) is 14.0. The van der Waals surface area contributed by atoms with Gasteiger partial charge in [-0.25, -0.2) is 0 Å². The highest BCUT2D eigenvalue weighted by Gasteiger charge is 2.37. The predicted octanol–water partition coefficient (Wildman–Crippen LogP) is 2.63. The molecule has 5 heteroatoms. The number of nitrogens with one attached hydrogen (secondary N) is 2. The second kappa shape index (κ2) is 7.25. The van der Waals surface area contributed by atoms with E-state index in [9.17, 15) is 9.90 Å². The van der Waals surface area contributed by atoms with Crippen molar-refractivity contribution in [3.63, 3.8) is 0 Å². The van der Waals surface area contributed by atoms with Gasteiger partial charge in [-0.1, -0.05) is 18.2 Å². The normalized spacial score (nSPS) is 28.2. The Morgan fingerprint density at radius 1 is 1.23 bits per heavy atom. The number of benzene rings is 1. The molecule has 3 N–H and O–H groups in total. The van der Waals surface area contributed by atoms with Gasteiger partial charge in [-0.3, -0.25) is 4.79 Å². The molecule has 0 radical (unpaired) electrons. The van der Waals surface area contributed by atoms with Crippen molar-refractivity contribution in [3.05, 3.63) is 53.3 Å². The van der Waals surface area contributed by atoms with E-state index in [4.69, 9.17) is 4.74 Å². The Morgan fingerprint density at radius 2 is 2.04 bits per heavy atom. The summed E-state index contributed by atoms with van der Waals surface area (Å²) in [5.41, 5.74) is 2.96. The molecule has 2 aromatic rings. The van der Waals surface area contributed by atoms with Crippen LogP contribution in [0.25, 0.3) is 0 Å². The summed E-state index contributed by atoms with van der Waals surface area (Å²) in [6.45, 7) is 2.60. The Bertz CT molecular complexity index is 771. The number of carbonyl (C=O) groups excluding carboxylic acids is 1. The molecule has 0 amide bonds. The molecule has 26 heavy (non-hydrogen) atoms. The van der Waals surface area contributed by atoms with E-state index in [1.807, 2.05) is 43.3 Å². The van der Waals surface area contributed by atoms with E-state index in [0.29, 0.717) is 6.54 Å². The van der Waals surface area contributed by atoms with E-state index >= 15 is 0 Å². The number of aliphatic hydroxyl groups is 1. The van der Waals surface area contributed by atoms with Crippen molar-refractivity contribution < 1.29 is 14.6 Å². The van der Waals surface area contributed by atoms with Gasteiger partial charge in [-0.2, -0.15) is 0 Å². The number of carbonyl (C=O) groups is 1. The van der Waals surface area contributed by atoms with E-state index in [1.54, 1.807) is 0 Å². The lowest BCUT2D eigenvalue weighted by Gasteiger charge is -2.25. The van der Waals surface area contributed by atoms with Gasteiger partial charge in [0.25, 0.3) is 0 Å². The Labute approximate surface area is 153 Å². The molecule has 4 rings (SSSR count). The minimum atomic E-state index is -0.557. The summed E-state index contributed by atoms with van der Waals surface area (Å²) >= 11 is 0. The largest absolute Gasteiger partial charge is 0.488 e. The zero-order valence-electron chi connectivity index (χ0n) is 15.1. The molecule has 1 heterocycles. The molecule has 1 fully saturated rings. The summed E-state index contributed by atoms with van der Waals surface area (Å²) in [6, 6.07) is 11.6. The first-order chi connectivity index (χ1) is 12.6. The molecule has 0 bridgehead atoms. The van der Waals surface area contributed by atoms with E-state index in [0.717, 1.165) is 48.4 Å². The first-order valence-corrected chi connectivity index (χ1v) is 9.47. The van der Waals surface area contributed by atoms with Crippen LogP contribution in [-0.2, 0) is 6.42 Å². The van der Waals surface area contributed by atoms with Gasteiger partial charge in [0.05, 0.1) is 0 Å². The number of H-pyrrole nitrogens is 1. The van der Waals surface area contributed by atoms with Crippen LogP contribution in [0.3, 0.4) is 0 Å². The van der Waals surface area contributed by atoms with Crippen LogP contribution in [0.5, 0.6) is 5.75 Å². The molecule has 1 aromatic carbocycles. The van der Waals surface area contributed by atoms with Gasteiger partial charge in [-0.05, 0) is 50.8 Å². The number of fused-ring (bicyclic) bond motifs is 1. The number of aromatic nitrogens is 1. The molecule has 138 valence electrons. The highest BCUT2D eigenvalue weighted by molar-refractivity contribution is 6.00. The van der Waals surface area contributed by atoms with Crippen molar-refractivity contribution in [2.75, 3.05) is 6.54 Å². The van der Waals surface area contributed by atoms with Gasteiger partial charge in [0, 0.05) is 35.5 Å². The van der Waals surface area contributed by atoms with Crippen LogP contribution in [0.4, 0.5) is 0 Å². The molecule has 4 atom stereocenters. The van der Waals surface area contributed by atoms with Gasteiger partial charge in [0.15, 0.2) is 5.78 Å². The third-order valence-corrected chi connectivity index (χ3v) is 5.63. The summed E-state index contributed by atoms with van der Waals surface area (Å²) in [5.74, 6) is 0.988. The molecule has 5 nitrogen and oxygen atoms in total. The number of para-hydroxylation sites is 1. The van der Waals surface area contributed by atoms with Crippen LogP contribution in [0, 0.1) is 12.8 Å². The number of ether oxygens (including phenoxy) is 1. The average molecular weight is 354 g/mol. The van der Waals surface area contributed by atoms with Crippen molar-refractivity contribution in [2.45, 2.75) is 50.9 Å². The smallest absolute Gasteiger partial charge is 0.169 e. The third-order valence-electron chi connectivity index (χ3n) is 5.63. The van der Waals surface area contributed by atoms with Gasteiger partial charge >= 0.3 is 0 Å². The molecular formula is C21H26N2O3. The number of hydrogen-bond donors (Lipinski definition) is 3. The second-order valence-electron chi connectivity index (χ2n) is 7.50. The number of aliphatic hydroxyl groups excluding tert-OH is 1. The number of Topliss-reactive ketones (excluding diaryl/α,β-unsaturated/α-hetero) is 1. The molecule has 0 spiro atoms. The van der Waals surface area contributed by atoms with Gasteiger partial charge in [-0.15, -0.1) is 0 Å². The molecule has 2 aliphatic rings. The van der Waals surface area contributed by atoms with Crippen LogP contribution in [-0.4, -0.2) is 40.7 Å². The Balaban J connectivity index is 1.32. The van der Waals surface area contributed by atoms with Crippen molar-refractivity contribution in [1.82, 2.24) is 10.3 Å². The van der Waals surface area contributed by atoms with E-state index in [2.05, 4.69) is 10.3 Å². The number of ketones is 1. The lowest BCUT2D eigenvalue weighted by Crippen LogP contribution is -2.44. The number of aryl methyl sites for hydroxylation is 2. The summed E-state index contributed by atoms with van der Waals surface area (Å²) in [6.07, 6.45) is 2.68. The van der Waals surface area contributed by atoms with Gasteiger partial charge in [0.1, 0.15) is 18.0 Å². The van der Waals surface area contributed by atoms with Crippen molar-refractivity contribution in [3.8, 4) is 5.75 Å². The molecule has 0 aliphatic heterocycles. The summed E-state index contributed by atoms with van der Waals surface area (Å²) < 4.78 is 5.92. The maximum Gasteiger partial charge on any atom is 0.169 e. The molecule has 0 saturated heterocycles. The van der Waals surface area contributed by atoms with Crippen LogP contribution in [0.15, 0.2) is 36.4 Å². The molecular weight excluding hydrogens is 328 g/mol. The van der Waals surface area contributed by atoms with Gasteiger partial charge in [0.2, 0.25) is 0 Å². The van der Waals surface area contributed by atoms with Crippen LogP contribution in [0.1, 0.15) is 41.0 Å². The van der Waals surface area contributed by atoms with Gasteiger partial charge < -0.3 is 20.1 Å². The lowest BCUT2D eigenvalue weighted by atomic mass is 9.86.